The van der Waals surface area contributed by atoms with Crippen LogP contribution in [-0.2, 0) is 4.79 Å². The lowest BCUT2D eigenvalue weighted by molar-refractivity contribution is -0.137. The highest BCUT2D eigenvalue weighted by Gasteiger charge is 2.36. The number of rotatable bonds is 5. The van der Waals surface area contributed by atoms with Gasteiger partial charge in [0.2, 0.25) is 0 Å². The highest BCUT2D eigenvalue weighted by atomic mass is 16.4. The van der Waals surface area contributed by atoms with E-state index in [0.717, 1.165) is 38.2 Å². The Bertz CT molecular complexity index is 841. The molecule has 1 N–H and O–H groups in total. The summed E-state index contributed by atoms with van der Waals surface area (Å²) in [4.78, 5) is 35.4. The minimum absolute atomic E-state index is 0.0640. The Morgan fingerprint density at radius 2 is 1.97 bits per heavy atom. The summed E-state index contributed by atoms with van der Waals surface area (Å²) in [6.07, 6.45) is 5.28. The monoisotopic (exact) mass is 399 g/mol. The van der Waals surface area contributed by atoms with Gasteiger partial charge in [-0.25, -0.2) is 4.98 Å². The molecule has 4 heterocycles. The molecule has 0 aromatic carbocycles. The molecule has 0 radical (unpaired) electrons. The number of likely N-dealkylation sites (tertiary alicyclic amines) is 1. The molecule has 0 spiro atoms. The molecule has 2 aromatic rings. The van der Waals surface area contributed by atoms with E-state index in [2.05, 4.69) is 21.8 Å². The first kappa shape index (κ1) is 19.8. The van der Waals surface area contributed by atoms with E-state index in [-0.39, 0.29) is 18.2 Å². The molecule has 0 unspecified atom stereocenters. The van der Waals surface area contributed by atoms with Crippen LogP contribution in [0.5, 0.6) is 0 Å². The smallest absolute Gasteiger partial charge is 0.303 e. The third-order valence-electron chi connectivity index (χ3n) is 6.30. The molecule has 8 nitrogen and oxygen atoms in total. The molecule has 2 aliphatic rings. The summed E-state index contributed by atoms with van der Waals surface area (Å²) in [6.45, 7) is 5.36. The number of carboxylic acid groups (broad SMARTS) is 1. The van der Waals surface area contributed by atoms with Crippen molar-refractivity contribution in [3.8, 4) is 0 Å². The number of carbonyl (C=O) groups excluding carboxylic acids is 1. The fourth-order valence-electron chi connectivity index (χ4n) is 4.63. The van der Waals surface area contributed by atoms with Crippen LogP contribution in [0.3, 0.4) is 0 Å². The number of pyridine rings is 1. The van der Waals surface area contributed by atoms with Crippen molar-refractivity contribution in [2.45, 2.75) is 25.3 Å². The van der Waals surface area contributed by atoms with Crippen molar-refractivity contribution >= 4 is 17.5 Å². The van der Waals surface area contributed by atoms with Crippen LogP contribution in [0.4, 0.5) is 0 Å². The van der Waals surface area contributed by atoms with Crippen LogP contribution in [0.15, 0.2) is 30.6 Å². The van der Waals surface area contributed by atoms with E-state index in [1.807, 2.05) is 33.7 Å². The van der Waals surface area contributed by atoms with Crippen LogP contribution in [0, 0.1) is 5.92 Å². The molecule has 1 amide bonds. The maximum atomic E-state index is 13.1. The van der Waals surface area contributed by atoms with Crippen molar-refractivity contribution in [3.05, 3.63) is 36.3 Å². The predicted molar refractivity (Wildman–Crippen MR) is 109 cm³/mol. The molecule has 29 heavy (non-hydrogen) atoms. The zero-order valence-corrected chi connectivity index (χ0v) is 16.9. The first-order chi connectivity index (χ1) is 14.0. The number of likely N-dealkylation sites (N-methyl/N-ethyl adjacent to an activating group) is 1. The van der Waals surface area contributed by atoms with E-state index in [9.17, 15) is 14.7 Å². The number of piperazine rings is 1. The largest absolute Gasteiger partial charge is 0.481 e. The van der Waals surface area contributed by atoms with E-state index in [1.165, 1.54) is 0 Å². The minimum atomic E-state index is -0.772. The molecule has 0 bridgehead atoms. The molecule has 0 saturated carbocycles. The van der Waals surface area contributed by atoms with Crippen molar-refractivity contribution in [2.24, 2.45) is 5.92 Å². The predicted octanol–water partition coefficient (Wildman–Crippen LogP) is 1.28. The standard InChI is InChI=1S/C21H29N5O3/c1-23-10-12-24(13-11-23)18-7-9-26(14-16(18)5-6-20(27)28)21(29)17-15-25-8-3-2-4-19(25)22-17/h2-4,8,15-16,18H,5-7,9-14H2,1H3,(H,27,28)/t16-,18+/m1/s1. The molecule has 156 valence electrons. The minimum Gasteiger partial charge on any atom is -0.481 e. The van der Waals surface area contributed by atoms with Crippen LogP contribution >= 0.6 is 0 Å². The SMILES string of the molecule is CN1CCN([C@H]2CCN(C(=O)c3cn4ccccc4n3)C[C@H]2CCC(=O)O)CC1. The number of fused-ring (bicyclic) bond motifs is 1. The molecule has 2 aromatic heterocycles. The second kappa shape index (κ2) is 8.51. The van der Waals surface area contributed by atoms with Crippen LogP contribution in [0.1, 0.15) is 29.8 Å². The van der Waals surface area contributed by atoms with Crippen molar-refractivity contribution in [2.75, 3.05) is 46.3 Å². The summed E-state index contributed by atoms with van der Waals surface area (Å²) in [7, 11) is 2.13. The summed E-state index contributed by atoms with van der Waals surface area (Å²) < 4.78 is 1.85. The summed E-state index contributed by atoms with van der Waals surface area (Å²) in [5, 5.41) is 9.20. The van der Waals surface area contributed by atoms with Gasteiger partial charge in [0.15, 0.2) is 0 Å². The quantitative estimate of drug-likeness (QED) is 0.816. The van der Waals surface area contributed by atoms with Gasteiger partial charge in [-0.1, -0.05) is 6.07 Å². The topological polar surface area (TPSA) is 81.4 Å². The number of piperidine rings is 1. The zero-order chi connectivity index (χ0) is 20.4. The molecule has 8 heteroatoms. The Hall–Kier alpha value is -2.45. The van der Waals surface area contributed by atoms with Crippen molar-refractivity contribution in [1.82, 2.24) is 24.1 Å². The highest BCUT2D eigenvalue weighted by molar-refractivity contribution is 5.93. The second-order valence-corrected chi connectivity index (χ2v) is 8.23. The molecule has 2 fully saturated rings. The number of carbonyl (C=O) groups is 2. The maximum absolute atomic E-state index is 13.1. The van der Waals surface area contributed by atoms with Gasteiger partial charge >= 0.3 is 5.97 Å². The van der Waals surface area contributed by atoms with Crippen molar-refractivity contribution in [1.29, 1.82) is 0 Å². The number of aliphatic carboxylic acids is 1. The molecular weight excluding hydrogens is 370 g/mol. The number of amides is 1. The fourth-order valence-corrected chi connectivity index (χ4v) is 4.63. The Labute approximate surface area is 170 Å². The number of nitrogens with zero attached hydrogens (tertiary/aromatic N) is 5. The third-order valence-corrected chi connectivity index (χ3v) is 6.30. The van der Waals surface area contributed by atoms with E-state index >= 15 is 0 Å². The average Bonchev–Trinajstić information content (AvgIpc) is 3.16. The van der Waals surface area contributed by atoms with Gasteiger partial charge in [0.1, 0.15) is 11.3 Å². The summed E-state index contributed by atoms with van der Waals surface area (Å²) >= 11 is 0. The maximum Gasteiger partial charge on any atom is 0.303 e. The average molecular weight is 399 g/mol. The summed E-state index contributed by atoms with van der Waals surface area (Å²) in [6, 6.07) is 6.03. The van der Waals surface area contributed by atoms with Gasteiger partial charge in [-0.05, 0) is 37.9 Å². The zero-order valence-electron chi connectivity index (χ0n) is 16.9. The third kappa shape index (κ3) is 4.43. The lowest BCUT2D eigenvalue weighted by Crippen LogP contribution is -2.57. The number of hydrogen-bond donors (Lipinski definition) is 1. The van der Waals surface area contributed by atoms with Gasteiger partial charge in [0.05, 0.1) is 0 Å². The van der Waals surface area contributed by atoms with Crippen molar-refractivity contribution < 1.29 is 14.7 Å². The molecular formula is C21H29N5O3. The number of hydrogen-bond acceptors (Lipinski definition) is 5. The van der Waals surface area contributed by atoms with E-state index < -0.39 is 5.97 Å². The van der Waals surface area contributed by atoms with Gasteiger partial charge in [0, 0.05) is 64.1 Å². The van der Waals surface area contributed by atoms with Gasteiger partial charge in [-0.3, -0.25) is 14.5 Å². The van der Waals surface area contributed by atoms with E-state index in [1.54, 1.807) is 6.20 Å². The molecule has 2 atom stereocenters. The molecule has 2 aliphatic heterocycles. The lowest BCUT2D eigenvalue weighted by Gasteiger charge is -2.46. The highest BCUT2D eigenvalue weighted by Crippen LogP contribution is 2.28. The second-order valence-electron chi connectivity index (χ2n) is 8.23. The Morgan fingerprint density at radius 3 is 2.69 bits per heavy atom. The molecule has 2 saturated heterocycles. The summed E-state index contributed by atoms with van der Waals surface area (Å²) in [5.74, 6) is -0.666. The first-order valence-corrected chi connectivity index (χ1v) is 10.4. The van der Waals surface area contributed by atoms with Crippen molar-refractivity contribution in [3.63, 3.8) is 0 Å². The number of imidazole rings is 1. The van der Waals surface area contributed by atoms with Crippen LogP contribution in [0.25, 0.3) is 5.65 Å². The van der Waals surface area contributed by atoms with Crippen LogP contribution in [0.2, 0.25) is 0 Å². The summed E-state index contributed by atoms with van der Waals surface area (Å²) in [5.41, 5.74) is 1.21. The lowest BCUT2D eigenvalue weighted by atomic mass is 9.86. The van der Waals surface area contributed by atoms with Gasteiger partial charge in [-0.15, -0.1) is 0 Å². The normalized spacial score (nSPS) is 24.1. The van der Waals surface area contributed by atoms with Crippen LogP contribution < -0.4 is 0 Å². The number of carboxylic acids is 1. The molecule has 0 aliphatic carbocycles. The van der Waals surface area contributed by atoms with Gasteiger partial charge in [-0.2, -0.15) is 0 Å². The van der Waals surface area contributed by atoms with E-state index in [0.29, 0.717) is 31.2 Å². The number of aromatic nitrogens is 2. The Balaban J connectivity index is 1.48. The Kier molecular flexibility index (Phi) is 5.82. The van der Waals surface area contributed by atoms with Gasteiger partial charge in [0.25, 0.3) is 5.91 Å². The van der Waals surface area contributed by atoms with Crippen LogP contribution in [-0.4, -0.2) is 93.4 Å². The van der Waals surface area contributed by atoms with Gasteiger partial charge < -0.3 is 19.3 Å². The van der Waals surface area contributed by atoms with E-state index in [4.69, 9.17) is 0 Å². The first-order valence-electron chi connectivity index (χ1n) is 10.4. The fraction of sp³-hybridized carbons (Fsp3) is 0.571. The Morgan fingerprint density at radius 1 is 1.17 bits per heavy atom. The molecule has 4 rings (SSSR count).